The molecule has 0 radical (unpaired) electrons. The molecular weight excluding hydrogens is 282 g/mol. The van der Waals surface area contributed by atoms with Crippen LogP contribution in [-0.4, -0.2) is 25.4 Å². The van der Waals surface area contributed by atoms with Gasteiger partial charge in [0.2, 0.25) is 0 Å². The van der Waals surface area contributed by atoms with Crippen molar-refractivity contribution in [3.05, 3.63) is 26.6 Å². The van der Waals surface area contributed by atoms with E-state index in [4.69, 9.17) is 16.7 Å². The number of carboxylic acid groups (broad SMARTS) is 1. The van der Waals surface area contributed by atoms with E-state index in [-0.39, 0.29) is 5.02 Å². The number of fused-ring (bicyclic) bond motifs is 1. The molecule has 0 atom stereocenters. The lowest BCUT2D eigenvalue weighted by Gasteiger charge is -2.11. The Morgan fingerprint density at radius 2 is 2.05 bits per heavy atom. The van der Waals surface area contributed by atoms with Crippen LogP contribution >= 0.6 is 11.6 Å². The van der Waals surface area contributed by atoms with Crippen molar-refractivity contribution < 1.29 is 9.90 Å². The van der Waals surface area contributed by atoms with Crippen LogP contribution in [0.25, 0.3) is 11.0 Å². The van der Waals surface area contributed by atoms with Crippen LogP contribution < -0.4 is 5.56 Å². The van der Waals surface area contributed by atoms with Gasteiger partial charge in [-0.05, 0) is 25.8 Å². The Bertz CT molecular complexity index is 746. The van der Waals surface area contributed by atoms with Crippen molar-refractivity contribution in [1.82, 2.24) is 14.3 Å². The molecule has 2 heterocycles. The summed E-state index contributed by atoms with van der Waals surface area (Å²) < 4.78 is 2.86. The maximum Gasteiger partial charge on any atom is 0.323 e. The van der Waals surface area contributed by atoms with Gasteiger partial charge < -0.3 is 5.11 Å². The Morgan fingerprint density at radius 3 is 2.60 bits per heavy atom. The number of hydrogen-bond acceptors (Lipinski definition) is 3. The molecule has 0 bridgehead atoms. The van der Waals surface area contributed by atoms with Crippen LogP contribution in [0.1, 0.15) is 24.6 Å². The van der Waals surface area contributed by atoms with Crippen LogP contribution in [0.5, 0.6) is 0 Å². The molecule has 0 aliphatic rings. The second kappa shape index (κ2) is 5.28. The number of aryl methyl sites for hydroxylation is 3. The normalized spacial score (nSPS) is 11.2. The Labute approximate surface area is 120 Å². The number of hydrogen-bond donors (Lipinski definition) is 1. The maximum absolute atomic E-state index is 12.2. The van der Waals surface area contributed by atoms with Crippen LogP contribution in [0.15, 0.2) is 4.79 Å². The standard InChI is InChI=1S/C13H16ClN3O3/c1-4-5-17-12-10(8(3)15-17)7(2)11(14)13(20)16(12)6-9(18)19/h4-6H2,1-3H3,(H,18,19). The molecule has 6 nitrogen and oxygen atoms in total. The zero-order chi connectivity index (χ0) is 15.0. The monoisotopic (exact) mass is 297 g/mol. The summed E-state index contributed by atoms with van der Waals surface area (Å²) >= 11 is 6.04. The van der Waals surface area contributed by atoms with Crippen molar-refractivity contribution in [2.75, 3.05) is 0 Å². The fourth-order valence-electron chi connectivity index (χ4n) is 2.42. The highest BCUT2D eigenvalue weighted by atomic mass is 35.5. The van der Waals surface area contributed by atoms with E-state index in [1.165, 1.54) is 4.57 Å². The number of nitrogens with zero attached hydrogens (tertiary/aromatic N) is 3. The van der Waals surface area contributed by atoms with Gasteiger partial charge >= 0.3 is 5.97 Å². The zero-order valence-electron chi connectivity index (χ0n) is 11.6. The average molecular weight is 298 g/mol. The SMILES string of the molecule is CCCn1nc(C)c2c(C)c(Cl)c(=O)n(CC(=O)O)c21. The summed E-state index contributed by atoms with van der Waals surface area (Å²) in [7, 11) is 0. The molecule has 0 unspecified atom stereocenters. The van der Waals surface area contributed by atoms with Crippen molar-refractivity contribution in [2.45, 2.75) is 40.3 Å². The maximum atomic E-state index is 12.2. The minimum absolute atomic E-state index is 0.0536. The van der Waals surface area contributed by atoms with Gasteiger partial charge in [-0.2, -0.15) is 5.10 Å². The fraction of sp³-hybridized carbons (Fsp3) is 0.462. The molecule has 0 saturated heterocycles. The zero-order valence-corrected chi connectivity index (χ0v) is 12.4. The van der Waals surface area contributed by atoms with E-state index in [2.05, 4.69) is 5.10 Å². The van der Waals surface area contributed by atoms with Gasteiger partial charge in [0.15, 0.2) is 0 Å². The molecule has 2 aromatic rings. The van der Waals surface area contributed by atoms with Gasteiger partial charge in [-0.15, -0.1) is 0 Å². The Morgan fingerprint density at radius 1 is 1.40 bits per heavy atom. The molecule has 0 spiro atoms. The molecule has 7 heteroatoms. The van der Waals surface area contributed by atoms with Crippen molar-refractivity contribution in [3.63, 3.8) is 0 Å². The highest BCUT2D eigenvalue weighted by Crippen LogP contribution is 2.25. The molecule has 2 rings (SSSR count). The largest absolute Gasteiger partial charge is 0.480 e. The highest BCUT2D eigenvalue weighted by molar-refractivity contribution is 6.32. The van der Waals surface area contributed by atoms with Crippen LogP contribution in [-0.2, 0) is 17.9 Å². The second-order valence-electron chi connectivity index (χ2n) is 4.73. The average Bonchev–Trinajstić information content (AvgIpc) is 2.69. The Hall–Kier alpha value is -1.82. The van der Waals surface area contributed by atoms with Crippen molar-refractivity contribution in [1.29, 1.82) is 0 Å². The first-order chi connectivity index (χ1) is 9.38. The summed E-state index contributed by atoms with van der Waals surface area (Å²) in [5.74, 6) is -1.09. The quantitative estimate of drug-likeness (QED) is 0.936. The molecule has 0 saturated carbocycles. The van der Waals surface area contributed by atoms with E-state index >= 15 is 0 Å². The first kappa shape index (κ1) is 14.6. The highest BCUT2D eigenvalue weighted by Gasteiger charge is 2.20. The topological polar surface area (TPSA) is 77.1 Å². The second-order valence-corrected chi connectivity index (χ2v) is 5.11. The minimum atomic E-state index is -1.09. The van der Waals surface area contributed by atoms with Gasteiger partial charge in [0.25, 0.3) is 5.56 Å². The Balaban J connectivity index is 2.93. The molecule has 2 aromatic heterocycles. The number of halogens is 1. The molecule has 1 N–H and O–H groups in total. The molecule has 0 aromatic carbocycles. The summed E-state index contributed by atoms with van der Waals surface area (Å²) in [5.41, 5.74) is 1.43. The number of carbonyl (C=O) groups is 1. The lowest BCUT2D eigenvalue weighted by Crippen LogP contribution is -2.27. The van der Waals surface area contributed by atoms with E-state index < -0.39 is 18.1 Å². The molecule has 0 amide bonds. The number of aromatic nitrogens is 3. The van der Waals surface area contributed by atoms with Crippen LogP contribution in [0.2, 0.25) is 5.02 Å². The first-order valence-electron chi connectivity index (χ1n) is 6.36. The molecule has 20 heavy (non-hydrogen) atoms. The van der Waals surface area contributed by atoms with E-state index in [1.807, 2.05) is 13.8 Å². The predicted molar refractivity (Wildman–Crippen MR) is 76.4 cm³/mol. The van der Waals surface area contributed by atoms with Gasteiger partial charge in [0.05, 0.1) is 5.69 Å². The summed E-state index contributed by atoms with van der Waals surface area (Å²) in [4.78, 5) is 23.2. The van der Waals surface area contributed by atoms with E-state index in [0.29, 0.717) is 17.8 Å². The molecule has 108 valence electrons. The summed E-state index contributed by atoms with van der Waals surface area (Å²) in [6.45, 7) is 5.76. The molecule has 0 aliphatic heterocycles. The minimum Gasteiger partial charge on any atom is -0.480 e. The van der Waals surface area contributed by atoms with Crippen LogP contribution in [0.3, 0.4) is 0 Å². The summed E-state index contributed by atoms with van der Waals surface area (Å²) in [6.07, 6.45) is 0.832. The number of rotatable bonds is 4. The van der Waals surface area contributed by atoms with Crippen molar-refractivity contribution >= 4 is 28.6 Å². The van der Waals surface area contributed by atoms with Gasteiger partial charge in [-0.1, -0.05) is 18.5 Å². The summed E-state index contributed by atoms with van der Waals surface area (Å²) in [6, 6.07) is 0. The summed E-state index contributed by atoms with van der Waals surface area (Å²) in [5, 5.41) is 14.2. The third kappa shape index (κ3) is 2.20. The predicted octanol–water partition coefficient (Wildman–Crippen LogP) is 1.96. The lowest BCUT2D eigenvalue weighted by molar-refractivity contribution is -0.137. The first-order valence-corrected chi connectivity index (χ1v) is 6.74. The lowest BCUT2D eigenvalue weighted by atomic mass is 10.1. The van der Waals surface area contributed by atoms with Gasteiger partial charge in [0.1, 0.15) is 17.2 Å². The van der Waals surface area contributed by atoms with Gasteiger partial charge in [-0.25, -0.2) is 4.68 Å². The van der Waals surface area contributed by atoms with Gasteiger partial charge in [-0.3, -0.25) is 14.2 Å². The third-order valence-electron chi connectivity index (χ3n) is 3.22. The third-order valence-corrected chi connectivity index (χ3v) is 3.67. The number of aliphatic carboxylic acids is 1. The smallest absolute Gasteiger partial charge is 0.323 e. The van der Waals surface area contributed by atoms with Crippen molar-refractivity contribution in [3.8, 4) is 0 Å². The van der Waals surface area contributed by atoms with E-state index in [9.17, 15) is 9.59 Å². The Kier molecular flexibility index (Phi) is 3.85. The molecule has 0 fully saturated rings. The number of pyridine rings is 1. The van der Waals surface area contributed by atoms with E-state index in [0.717, 1.165) is 17.5 Å². The van der Waals surface area contributed by atoms with Crippen molar-refractivity contribution in [2.24, 2.45) is 0 Å². The van der Waals surface area contributed by atoms with Gasteiger partial charge in [0, 0.05) is 11.9 Å². The number of carboxylic acids is 1. The molecule has 0 aliphatic carbocycles. The fourth-order valence-corrected chi connectivity index (χ4v) is 2.61. The van der Waals surface area contributed by atoms with Crippen LogP contribution in [0, 0.1) is 13.8 Å². The van der Waals surface area contributed by atoms with E-state index in [1.54, 1.807) is 11.6 Å². The van der Waals surface area contributed by atoms with Crippen LogP contribution in [0.4, 0.5) is 0 Å². The molecular formula is C13H16ClN3O3.